The van der Waals surface area contributed by atoms with Gasteiger partial charge in [0.15, 0.2) is 11.5 Å². The third-order valence-corrected chi connectivity index (χ3v) is 2.93. The molecule has 0 saturated carbocycles. The Morgan fingerprint density at radius 2 is 1.81 bits per heavy atom. The van der Waals surface area contributed by atoms with Crippen molar-refractivity contribution < 1.29 is 14.6 Å². The number of aliphatic hydroxyl groups is 1. The average Bonchev–Trinajstić information content (AvgIpc) is 2.35. The Morgan fingerprint density at radius 1 is 1.19 bits per heavy atom. The van der Waals surface area contributed by atoms with Crippen LogP contribution in [0.5, 0.6) is 11.5 Å². The second-order valence-electron chi connectivity index (χ2n) is 3.88. The number of ether oxygens (including phenoxy) is 2. The molecule has 0 radical (unpaired) electrons. The van der Waals surface area contributed by atoms with E-state index in [9.17, 15) is 5.11 Å². The van der Waals surface area contributed by atoms with Gasteiger partial charge in [0, 0.05) is 5.92 Å². The summed E-state index contributed by atoms with van der Waals surface area (Å²) in [5, 5.41) is 9.80. The first kappa shape index (κ1) is 12.8. The number of aliphatic hydroxyl groups excluding tert-OH is 1. The lowest BCUT2D eigenvalue weighted by molar-refractivity contribution is 0.145. The smallest absolute Gasteiger partial charge is 0.160 e. The van der Waals surface area contributed by atoms with Crippen molar-refractivity contribution >= 4 is 0 Å². The van der Waals surface area contributed by atoms with Crippen LogP contribution in [0.2, 0.25) is 0 Å². The molecule has 0 amide bonds. The zero-order valence-electron chi connectivity index (χ0n) is 10.4. The molecule has 1 N–H and O–H groups in total. The summed E-state index contributed by atoms with van der Waals surface area (Å²) in [5.74, 6) is 1.52. The van der Waals surface area contributed by atoms with Crippen molar-refractivity contribution in [3.63, 3.8) is 0 Å². The zero-order valence-corrected chi connectivity index (χ0v) is 10.4. The van der Waals surface area contributed by atoms with Gasteiger partial charge in [-0.2, -0.15) is 0 Å². The molecule has 1 aromatic carbocycles. The molecule has 3 nitrogen and oxygen atoms in total. The van der Waals surface area contributed by atoms with Gasteiger partial charge < -0.3 is 14.6 Å². The number of hydrogen-bond donors (Lipinski definition) is 1. The van der Waals surface area contributed by atoms with Gasteiger partial charge in [0.1, 0.15) is 0 Å². The standard InChI is InChI=1S/C13H20O3/c1-5-11(14)9(2)10-6-7-12(15-3)13(8-10)16-4/h6-9,11,14H,5H2,1-4H3. The quantitative estimate of drug-likeness (QED) is 0.835. The van der Waals surface area contributed by atoms with Crippen molar-refractivity contribution in [2.45, 2.75) is 32.3 Å². The van der Waals surface area contributed by atoms with Crippen LogP contribution in [-0.4, -0.2) is 25.4 Å². The monoisotopic (exact) mass is 224 g/mol. The number of methoxy groups -OCH3 is 2. The van der Waals surface area contributed by atoms with E-state index in [4.69, 9.17) is 9.47 Å². The van der Waals surface area contributed by atoms with Gasteiger partial charge in [-0.1, -0.05) is 19.9 Å². The fourth-order valence-electron chi connectivity index (χ4n) is 1.71. The van der Waals surface area contributed by atoms with Gasteiger partial charge in [0.25, 0.3) is 0 Å². The molecule has 3 heteroatoms. The third kappa shape index (κ3) is 2.67. The van der Waals surface area contributed by atoms with Crippen LogP contribution in [0.1, 0.15) is 31.7 Å². The lowest BCUT2D eigenvalue weighted by atomic mass is 9.93. The molecule has 0 aliphatic heterocycles. The summed E-state index contributed by atoms with van der Waals surface area (Å²) in [4.78, 5) is 0. The highest BCUT2D eigenvalue weighted by molar-refractivity contribution is 5.44. The van der Waals surface area contributed by atoms with Crippen molar-refractivity contribution in [3.8, 4) is 11.5 Å². The molecule has 90 valence electrons. The van der Waals surface area contributed by atoms with Crippen molar-refractivity contribution in [1.82, 2.24) is 0 Å². The van der Waals surface area contributed by atoms with Gasteiger partial charge >= 0.3 is 0 Å². The average molecular weight is 224 g/mol. The molecule has 16 heavy (non-hydrogen) atoms. The van der Waals surface area contributed by atoms with E-state index in [1.165, 1.54) is 0 Å². The Kier molecular flexibility index (Phi) is 4.62. The molecule has 0 aromatic heterocycles. The molecular formula is C13H20O3. The predicted molar refractivity (Wildman–Crippen MR) is 64.3 cm³/mol. The topological polar surface area (TPSA) is 38.7 Å². The van der Waals surface area contributed by atoms with Crippen LogP contribution < -0.4 is 9.47 Å². The van der Waals surface area contributed by atoms with Crippen LogP contribution in [0.3, 0.4) is 0 Å². The van der Waals surface area contributed by atoms with E-state index in [0.29, 0.717) is 11.5 Å². The van der Waals surface area contributed by atoms with Gasteiger partial charge in [-0.15, -0.1) is 0 Å². The molecule has 0 fully saturated rings. The van der Waals surface area contributed by atoms with Crippen LogP contribution in [0.4, 0.5) is 0 Å². The van der Waals surface area contributed by atoms with E-state index >= 15 is 0 Å². The Hall–Kier alpha value is -1.22. The molecule has 0 bridgehead atoms. The van der Waals surface area contributed by atoms with Crippen LogP contribution in [0.15, 0.2) is 18.2 Å². The molecular weight excluding hydrogens is 204 g/mol. The molecule has 0 heterocycles. The lowest BCUT2D eigenvalue weighted by Gasteiger charge is -2.19. The summed E-state index contributed by atoms with van der Waals surface area (Å²) < 4.78 is 10.4. The van der Waals surface area contributed by atoms with Crippen molar-refractivity contribution in [3.05, 3.63) is 23.8 Å². The van der Waals surface area contributed by atoms with Gasteiger partial charge in [-0.3, -0.25) is 0 Å². The zero-order chi connectivity index (χ0) is 12.1. The van der Waals surface area contributed by atoms with Gasteiger partial charge in [0.2, 0.25) is 0 Å². The highest BCUT2D eigenvalue weighted by Gasteiger charge is 2.16. The number of hydrogen-bond acceptors (Lipinski definition) is 3. The fraction of sp³-hybridized carbons (Fsp3) is 0.538. The van der Waals surface area contributed by atoms with E-state index < -0.39 is 0 Å². The molecule has 0 aliphatic carbocycles. The van der Waals surface area contributed by atoms with Crippen LogP contribution in [0, 0.1) is 0 Å². The van der Waals surface area contributed by atoms with Crippen molar-refractivity contribution in [2.24, 2.45) is 0 Å². The lowest BCUT2D eigenvalue weighted by Crippen LogP contribution is -2.14. The van der Waals surface area contributed by atoms with Crippen molar-refractivity contribution in [2.75, 3.05) is 14.2 Å². The Morgan fingerprint density at radius 3 is 2.31 bits per heavy atom. The second-order valence-corrected chi connectivity index (χ2v) is 3.88. The van der Waals surface area contributed by atoms with Crippen LogP contribution >= 0.6 is 0 Å². The molecule has 1 aromatic rings. The summed E-state index contributed by atoms with van der Waals surface area (Å²) in [6.45, 7) is 3.98. The summed E-state index contributed by atoms with van der Waals surface area (Å²) in [5.41, 5.74) is 1.06. The summed E-state index contributed by atoms with van der Waals surface area (Å²) in [7, 11) is 3.23. The molecule has 0 aliphatic rings. The Balaban J connectivity index is 2.98. The van der Waals surface area contributed by atoms with E-state index in [2.05, 4.69) is 0 Å². The summed E-state index contributed by atoms with van der Waals surface area (Å²) in [6.07, 6.45) is 0.424. The second kappa shape index (κ2) is 5.75. The minimum Gasteiger partial charge on any atom is -0.493 e. The Labute approximate surface area is 97.0 Å². The minimum atomic E-state index is -0.321. The van der Waals surface area contributed by atoms with E-state index in [0.717, 1.165) is 12.0 Å². The van der Waals surface area contributed by atoms with Gasteiger partial charge in [0.05, 0.1) is 20.3 Å². The first-order valence-electron chi connectivity index (χ1n) is 5.54. The maximum absolute atomic E-state index is 9.80. The van der Waals surface area contributed by atoms with Crippen LogP contribution in [-0.2, 0) is 0 Å². The molecule has 0 saturated heterocycles. The summed E-state index contributed by atoms with van der Waals surface area (Å²) >= 11 is 0. The molecule has 2 unspecified atom stereocenters. The normalized spacial score (nSPS) is 14.3. The van der Waals surface area contributed by atoms with E-state index in [1.54, 1.807) is 14.2 Å². The van der Waals surface area contributed by atoms with E-state index in [-0.39, 0.29) is 12.0 Å². The van der Waals surface area contributed by atoms with Crippen LogP contribution in [0.25, 0.3) is 0 Å². The SMILES string of the molecule is CCC(O)C(C)c1ccc(OC)c(OC)c1. The maximum atomic E-state index is 9.80. The fourth-order valence-corrected chi connectivity index (χ4v) is 1.71. The Bertz CT molecular complexity index is 336. The maximum Gasteiger partial charge on any atom is 0.160 e. The predicted octanol–water partition coefficient (Wildman–Crippen LogP) is 2.58. The molecule has 0 spiro atoms. The number of rotatable bonds is 5. The van der Waals surface area contributed by atoms with Gasteiger partial charge in [-0.25, -0.2) is 0 Å². The molecule has 2 atom stereocenters. The first-order chi connectivity index (χ1) is 7.63. The highest BCUT2D eigenvalue weighted by atomic mass is 16.5. The van der Waals surface area contributed by atoms with Gasteiger partial charge in [-0.05, 0) is 24.1 Å². The highest BCUT2D eigenvalue weighted by Crippen LogP contribution is 2.31. The third-order valence-electron chi connectivity index (χ3n) is 2.93. The van der Waals surface area contributed by atoms with Crippen molar-refractivity contribution in [1.29, 1.82) is 0 Å². The molecule has 1 rings (SSSR count). The number of benzene rings is 1. The first-order valence-corrected chi connectivity index (χ1v) is 5.54. The largest absolute Gasteiger partial charge is 0.493 e. The van der Waals surface area contributed by atoms with E-state index in [1.807, 2.05) is 32.0 Å². The minimum absolute atomic E-state index is 0.102. The summed E-state index contributed by atoms with van der Waals surface area (Å²) in [6, 6.07) is 5.75.